The lowest BCUT2D eigenvalue weighted by Crippen LogP contribution is -2.40. The number of benzene rings is 2. The fourth-order valence-corrected chi connectivity index (χ4v) is 4.29. The molecule has 0 bridgehead atoms. The van der Waals surface area contributed by atoms with Crippen molar-refractivity contribution in [3.05, 3.63) is 71.8 Å². The minimum atomic E-state index is -0.353. The molecule has 0 saturated heterocycles. The van der Waals surface area contributed by atoms with Gasteiger partial charge in [0.2, 0.25) is 0 Å². The summed E-state index contributed by atoms with van der Waals surface area (Å²) < 4.78 is 0. The summed E-state index contributed by atoms with van der Waals surface area (Å²) in [6.45, 7) is 1.93. The maximum Gasteiger partial charge on any atom is 0.0696 e. The van der Waals surface area contributed by atoms with Gasteiger partial charge in [0.25, 0.3) is 0 Å². The molecule has 1 N–H and O–H groups in total. The number of hydrogen-bond acceptors (Lipinski definition) is 2. The Kier molecular flexibility index (Phi) is 3.96. The molecule has 4 rings (SSSR count). The Bertz CT molecular complexity index is 600. The number of aliphatic hydroxyl groups is 1. The van der Waals surface area contributed by atoms with E-state index in [0.29, 0.717) is 12.0 Å². The first-order chi connectivity index (χ1) is 11.2. The third kappa shape index (κ3) is 3.19. The largest absolute Gasteiger partial charge is 0.390 e. The van der Waals surface area contributed by atoms with E-state index in [1.165, 1.54) is 17.5 Å². The molecule has 2 aliphatic rings. The van der Waals surface area contributed by atoms with Gasteiger partial charge in [0.15, 0.2) is 0 Å². The van der Waals surface area contributed by atoms with E-state index >= 15 is 0 Å². The Balaban J connectivity index is 1.56. The van der Waals surface area contributed by atoms with Crippen LogP contribution < -0.4 is 0 Å². The highest BCUT2D eigenvalue weighted by Gasteiger charge is 2.59. The molecular formula is C21H25NO. The quantitative estimate of drug-likeness (QED) is 0.903. The summed E-state index contributed by atoms with van der Waals surface area (Å²) in [5, 5.41) is 10.6. The summed E-state index contributed by atoms with van der Waals surface area (Å²) in [6.07, 6.45) is 4.36. The van der Waals surface area contributed by atoms with Crippen LogP contribution in [0.1, 0.15) is 36.8 Å². The molecule has 2 fully saturated rings. The molecular weight excluding hydrogens is 282 g/mol. The molecule has 3 atom stereocenters. The predicted octanol–water partition coefficient (Wildman–Crippen LogP) is 3.99. The van der Waals surface area contributed by atoms with Crippen molar-refractivity contribution in [2.45, 2.75) is 50.4 Å². The molecule has 3 unspecified atom stereocenters. The van der Waals surface area contributed by atoms with Gasteiger partial charge in [-0.1, -0.05) is 60.7 Å². The van der Waals surface area contributed by atoms with Gasteiger partial charge in [0, 0.05) is 25.0 Å². The first-order valence-electron chi connectivity index (χ1n) is 8.79. The van der Waals surface area contributed by atoms with E-state index in [9.17, 15) is 5.11 Å². The summed E-state index contributed by atoms with van der Waals surface area (Å²) in [5.41, 5.74) is 2.37. The minimum Gasteiger partial charge on any atom is -0.390 e. The zero-order chi connectivity index (χ0) is 15.7. The van der Waals surface area contributed by atoms with Crippen molar-refractivity contribution in [1.82, 2.24) is 4.90 Å². The summed E-state index contributed by atoms with van der Waals surface area (Å²) in [6, 6.07) is 22.0. The maximum absolute atomic E-state index is 10.6. The van der Waals surface area contributed by atoms with E-state index < -0.39 is 0 Å². The lowest BCUT2D eigenvalue weighted by atomic mass is 9.91. The van der Waals surface area contributed by atoms with Gasteiger partial charge >= 0.3 is 0 Å². The molecule has 0 amide bonds. The summed E-state index contributed by atoms with van der Waals surface area (Å²) >= 11 is 0. The fourth-order valence-electron chi connectivity index (χ4n) is 4.29. The van der Waals surface area contributed by atoms with E-state index in [2.05, 4.69) is 65.6 Å². The van der Waals surface area contributed by atoms with Crippen molar-refractivity contribution in [2.24, 2.45) is 5.92 Å². The molecule has 2 saturated carbocycles. The number of fused-ring (bicyclic) bond motifs is 1. The first kappa shape index (κ1) is 14.9. The molecule has 2 aliphatic carbocycles. The average molecular weight is 307 g/mol. The van der Waals surface area contributed by atoms with Crippen LogP contribution in [0.15, 0.2) is 60.7 Å². The van der Waals surface area contributed by atoms with Crippen LogP contribution in [0.4, 0.5) is 0 Å². The predicted molar refractivity (Wildman–Crippen MR) is 92.8 cm³/mol. The molecule has 2 aromatic rings. The van der Waals surface area contributed by atoms with Crippen LogP contribution in [-0.2, 0) is 13.1 Å². The van der Waals surface area contributed by atoms with Gasteiger partial charge in [-0.3, -0.25) is 4.90 Å². The van der Waals surface area contributed by atoms with Gasteiger partial charge < -0.3 is 5.11 Å². The molecule has 2 heteroatoms. The molecule has 0 aromatic heterocycles. The lowest BCUT2D eigenvalue weighted by Gasteiger charge is -2.36. The van der Waals surface area contributed by atoms with Gasteiger partial charge in [-0.05, 0) is 36.8 Å². The van der Waals surface area contributed by atoms with Crippen LogP contribution in [0.2, 0.25) is 0 Å². The maximum atomic E-state index is 10.6. The summed E-state index contributed by atoms with van der Waals surface area (Å²) in [7, 11) is 0. The molecule has 0 radical (unpaired) electrons. The third-order valence-electron chi connectivity index (χ3n) is 5.60. The molecule has 2 nitrogen and oxygen atoms in total. The summed E-state index contributed by atoms with van der Waals surface area (Å²) in [5.74, 6) is 0.476. The fraction of sp³-hybridized carbons (Fsp3) is 0.429. The Hall–Kier alpha value is -1.64. The minimum absolute atomic E-state index is 0.353. The smallest absolute Gasteiger partial charge is 0.0696 e. The second kappa shape index (κ2) is 6.10. The lowest BCUT2D eigenvalue weighted by molar-refractivity contribution is 0.0438. The molecule has 23 heavy (non-hydrogen) atoms. The zero-order valence-corrected chi connectivity index (χ0v) is 13.6. The zero-order valence-electron chi connectivity index (χ0n) is 13.6. The van der Waals surface area contributed by atoms with Crippen LogP contribution in [0, 0.1) is 5.92 Å². The molecule has 0 aliphatic heterocycles. The second-order valence-electron chi connectivity index (χ2n) is 7.25. The highest BCUT2D eigenvalue weighted by atomic mass is 16.3. The Labute approximate surface area is 138 Å². The number of hydrogen-bond donors (Lipinski definition) is 1. The first-order valence-corrected chi connectivity index (χ1v) is 8.79. The van der Waals surface area contributed by atoms with Crippen molar-refractivity contribution in [1.29, 1.82) is 0 Å². The Morgan fingerprint density at radius 3 is 2.04 bits per heavy atom. The van der Waals surface area contributed by atoms with Crippen molar-refractivity contribution in [3.8, 4) is 0 Å². The van der Waals surface area contributed by atoms with E-state index in [-0.39, 0.29) is 5.60 Å². The van der Waals surface area contributed by atoms with E-state index in [1.54, 1.807) is 0 Å². The van der Waals surface area contributed by atoms with Gasteiger partial charge in [-0.2, -0.15) is 0 Å². The van der Waals surface area contributed by atoms with Gasteiger partial charge in [-0.25, -0.2) is 0 Å². The number of nitrogens with zero attached hydrogens (tertiary/aromatic N) is 1. The topological polar surface area (TPSA) is 23.5 Å². The SMILES string of the molecule is OC12CCCC(N(Cc3ccccc3)Cc3ccccc3)C1C2. The van der Waals surface area contributed by atoms with Crippen molar-refractivity contribution >= 4 is 0 Å². The second-order valence-corrected chi connectivity index (χ2v) is 7.25. The van der Waals surface area contributed by atoms with Crippen molar-refractivity contribution in [2.75, 3.05) is 0 Å². The highest BCUT2D eigenvalue weighted by Crippen LogP contribution is 2.55. The standard InChI is InChI=1S/C21H25NO/c23-21-13-7-12-20(19(21)14-21)22(15-17-8-3-1-4-9-17)16-18-10-5-2-6-11-18/h1-6,8-11,19-20,23H,7,12-16H2. The van der Waals surface area contributed by atoms with E-state index in [1.807, 2.05) is 0 Å². The molecule has 120 valence electrons. The van der Waals surface area contributed by atoms with Crippen molar-refractivity contribution < 1.29 is 5.11 Å². The highest BCUT2D eigenvalue weighted by molar-refractivity contribution is 5.19. The van der Waals surface area contributed by atoms with Crippen molar-refractivity contribution in [3.63, 3.8) is 0 Å². The van der Waals surface area contributed by atoms with Crippen LogP contribution >= 0.6 is 0 Å². The molecule has 2 aromatic carbocycles. The van der Waals surface area contributed by atoms with Gasteiger partial charge in [0.1, 0.15) is 0 Å². The monoisotopic (exact) mass is 307 g/mol. The Morgan fingerprint density at radius 1 is 0.913 bits per heavy atom. The van der Waals surface area contributed by atoms with Crippen LogP contribution in [0.3, 0.4) is 0 Å². The van der Waals surface area contributed by atoms with Crippen LogP contribution in [0.5, 0.6) is 0 Å². The number of rotatable bonds is 5. The van der Waals surface area contributed by atoms with E-state index in [4.69, 9.17) is 0 Å². The van der Waals surface area contributed by atoms with Gasteiger partial charge in [-0.15, -0.1) is 0 Å². The summed E-state index contributed by atoms with van der Waals surface area (Å²) in [4.78, 5) is 2.59. The average Bonchev–Trinajstić information content (AvgIpc) is 3.28. The van der Waals surface area contributed by atoms with Crippen LogP contribution in [-0.4, -0.2) is 21.6 Å². The van der Waals surface area contributed by atoms with Gasteiger partial charge in [0.05, 0.1) is 5.60 Å². The Morgan fingerprint density at radius 2 is 1.48 bits per heavy atom. The molecule has 0 heterocycles. The van der Waals surface area contributed by atoms with E-state index in [0.717, 1.165) is 32.4 Å². The normalized spacial score (nSPS) is 29.3. The van der Waals surface area contributed by atoms with Crippen LogP contribution in [0.25, 0.3) is 0 Å². The molecule has 0 spiro atoms. The third-order valence-corrected chi connectivity index (χ3v) is 5.60.